The standard InChI is InChI=1S/C16H16ClN5O/c1-21-16(23)15(17)13(9-20-21)19-10-14-18-7-8-22(14)11-12-5-3-2-4-6-12/h2-9,19H,10-11H2,1H3. The summed E-state index contributed by atoms with van der Waals surface area (Å²) >= 11 is 6.05. The normalized spacial score (nSPS) is 10.7. The molecule has 2 aromatic heterocycles. The van der Waals surface area contributed by atoms with Gasteiger partial charge in [-0.3, -0.25) is 4.79 Å². The maximum Gasteiger partial charge on any atom is 0.287 e. The Morgan fingerprint density at radius 1 is 1.26 bits per heavy atom. The van der Waals surface area contributed by atoms with Crippen LogP contribution in [0.5, 0.6) is 0 Å². The summed E-state index contributed by atoms with van der Waals surface area (Å²) in [6.45, 7) is 1.19. The summed E-state index contributed by atoms with van der Waals surface area (Å²) in [5.74, 6) is 0.852. The van der Waals surface area contributed by atoms with Gasteiger partial charge in [0.25, 0.3) is 5.56 Å². The van der Waals surface area contributed by atoms with Crippen LogP contribution in [0.4, 0.5) is 5.69 Å². The molecule has 1 aromatic carbocycles. The molecule has 7 heteroatoms. The molecule has 0 unspecified atom stereocenters. The van der Waals surface area contributed by atoms with Crippen molar-refractivity contribution in [3.05, 3.63) is 75.7 Å². The van der Waals surface area contributed by atoms with E-state index >= 15 is 0 Å². The number of imidazole rings is 1. The first-order chi connectivity index (χ1) is 11.1. The van der Waals surface area contributed by atoms with Gasteiger partial charge in [-0.2, -0.15) is 5.10 Å². The van der Waals surface area contributed by atoms with Crippen molar-refractivity contribution in [3.8, 4) is 0 Å². The predicted octanol–water partition coefficient (Wildman–Crippen LogP) is 2.29. The third kappa shape index (κ3) is 3.43. The van der Waals surface area contributed by atoms with Crippen molar-refractivity contribution in [3.63, 3.8) is 0 Å². The predicted molar refractivity (Wildman–Crippen MR) is 89.6 cm³/mol. The molecule has 0 saturated heterocycles. The fourth-order valence-corrected chi connectivity index (χ4v) is 2.48. The molecule has 6 nitrogen and oxygen atoms in total. The van der Waals surface area contributed by atoms with Crippen molar-refractivity contribution >= 4 is 17.3 Å². The molecule has 0 bridgehead atoms. The Morgan fingerprint density at radius 2 is 2.04 bits per heavy atom. The van der Waals surface area contributed by atoms with Gasteiger partial charge in [0.1, 0.15) is 10.8 Å². The Labute approximate surface area is 138 Å². The number of rotatable bonds is 5. The summed E-state index contributed by atoms with van der Waals surface area (Å²) in [4.78, 5) is 16.1. The highest BCUT2D eigenvalue weighted by atomic mass is 35.5. The highest BCUT2D eigenvalue weighted by Gasteiger charge is 2.09. The highest BCUT2D eigenvalue weighted by molar-refractivity contribution is 6.32. The largest absolute Gasteiger partial charge is 0.375 e. The zero-order valence-corrected chi connectivity index (χ0v) is 13.4. The minimum absolute atomic E-state index is 0.128. The number of nitrogens with zero attached hydrogens (tertiary/aromatic N) is 4. The van der Waals surface area contributed by atoms with E-state index < -0.39 is 0 Å². The lowest BCUT2D eigenvalue weighted by Crippen LogP contribution is -2.21. The van der Waals surface area contributed by atoms with Crippen LogP contribution in [0.3, 0.4) is 0 Å². The first kappa shape index (κ1) is 15.3. The second-order valence-corrected chi connectivity index (χ2v) is 5.49. The number of nitrogens with one attached hydrogen (secondary N) is 1. The van der Waals surface area contributed by atoms with Crippen LogP contribution in [0.2, 0.25) is 5.02 Å². The van der Waals surface area contributed by atoms with E-state index in [1.54, 1.807) is 13.2 Å². The van der Waals surface area contributed by atoms with Gasteiger partial charge in [-0.25, -0.2) is 9.67 Å². The van der Waals surface area contributed by atoms with E-state index in [0.29, 0.717) is 12.2 Å². The van der Waals surface area contributed by atoms with E-state index in [2.05, 4.69) is 27.5 Å². The molecule has 0 radical (unpaired) electrons. The quantitative estimate of drug-likeness (QED) is 0.780. The van der Waals surface area contributed by atoms with Crippen LogP contribution < -0.4 is 10.9 Å². The average Bonchev–Trinajstić information content (AvgIpc) is 3.00. The molecule has 1 N–H and O–H groups in total. The van der Waals surface area contributed by atoms with E-state index in [1.165, 1.54) is 16.4 Å². The number of hydrogen-bond acceptors (Lipinski definition) is 4. The van der Waals surface area contributed by atoms with E-state index in [4.69, 9.17) is 11.6 Å². The monoisotopic (exact) mass is 329 g/mol. The van der Waals surface area contributed by atoms with Crippen molar-refractivity contribution in [2.75, 3.05) is 5.32 Å². The van der Waals surface area contributed by atoms with Crippen LogP contribution >= 0.6 is 11.6 Å². The first-order valence-corrected chi connectivity index (χ1v) is 7.52. The van der Waals surface area contributed by atoms with Gasteiger partial charge in [0, 0.05) is 26.0 Å². The van der Waals surface area contributed by atoms with Gasteiger partial charge in [-0.05, 0) is 5.56 Å². The van der Waals surface area contributed by atoms with Gasteiger partial charge in [0.05, 0.1) is 18.4 Å². The third-order valence-corrected chi connectivity index (χ3v) is 3.88. The molecule has 2 heterocycles. The Morgan fingerprint density at radius 3 is 2.83 bits per heavy atom. The fraction of sp³-hybridized carbons (Fsp3) is 0.188. The smallest absolute Gasteiger partial charge is 0.287 e. The number of hydrogen-bond donors (Lipinski definition) is 1. The molecule has 0 atom stereocenters. The molecule has 0 amide bonds. The maximum absolute atomic E-state index is 11.8. The minimum atomic E-state index is -0.329. The Bertz CT molecular complexity index is 856. The molecule has 0 saturated carbocycles. The Balaban J connectivity index is 1.74. The molecular weight excluding hydrogens is 314 g/mol. The van der Waals surface area contributed by atoms with Crippen LogP contribution in [-0.4, -0.2) is 19.3 Å². The van der Waals surface area contributed by atoms with Crippen molar-refractivity contribution in [2.24, 2.45) is 7.05 Å². The summed E-state index contributed by atoms with van der Waals surface area (Å²) in [5.41, 5.74) is 1.37. The van der Waals surface area contributed by atoms with Gasteiger partial charge >= 0.3 is 0 Å². The molecule has 0 fully saturated rings. The lowest BCUT2D eigenvalue weighted by Gasteiger charge is -2.11. The Kier molecular flexibility index (Phi) is 4.43. The van der Waals surface area contributed by atoms with Gasteiger partial charge < -0.3 is 9.88 Å². The third-order valence-electron chi connectivity index (χ3n) is 3.51. The van der Waals surface area contributed by atoms with Gasteiger partial charge in [0.15, 0.2) is 0 Å². The summed E-state index contributed by atoms with van der Waals surface area (Å²) in [7, 11) is 1.56. The van der Waals surface area contributed by atoms with Gasteiger partial charge in [-0.15, -0.1) is 0 Å². The molecule has 0 aliphatic rings. The van der Waals surface area contributed by atoms with Crippen molar-refractivity contribution in [1.82, 2.24) is 19.3 Å². The molecular formula is C16H16ClN5O. The van der Waals surface area contributed by atoms with Crippen LogP contribution in [0, 0.1) is 0 Å². The maximum atomic E-state index is 11.8. The number of halogens is 1. The van der Waals surface area contributed by atoms with Crippen LogP contribution in [0.25, 0.3) is 0 Å². The van der Waals surface area contributed by atoms with Crippen molar-refractivity contribution < 1.29 is 0 Å². The van der Waals surface area contributed by atoms with E-state index in [9.17, 15) is 4.79 Å². The van der Waals surface area contributed by atoms with E-state index in [0.717, 1.165) is 12.4 Å². The van der Waals surface area contributed by atoms with E-state index in [1.807, 2.05) is 29.0 Å². The van der Waals surface area contributed by atoms with Crippen LogP contribution in [0.1, 0.15) is 11.4 Å². The number of anilines is 1. The molecule has 118 valence electrons. The number of benzene rings is 1. The van der Waals surface area contributed by atoms with E-state index in [-0.39, 0.29) is 10.6 Å². The zero-order valence-electron chi connectivity index (χ0n) is 12.6. The molecule has 3 rings (SSSR count). The molecule has 23 heavy (non-hydrogen) atoms. The number of aromatic nitrogens is 4. The van der Waals surface area contributed by atoms with Crippen LogP contribution in [0.15, 0.2) is 53.7 Å². The van der Waals surface area contributed by atoms with Crippen molar-refractivity contribution in [1.29, 1.82) is 0 Å². The summed E-state index contributed by atoms with van der Waals surface area (Å²) in [6.07, 6.45) is 5.21. The minimum Gasteiger partial charge on any atom is -0.375 e. The van der Waals surface area contributed by atoms with Gasteiger partial charge in [0.2, 0.25) is 0 Å². The summed E-state index contributed by atoms with van der Waals surface area (Å²) in [6, 6.07) is 10.1. The second kappa shape index (κ2) is 6.66. The molecule has 0 aliphatic heterocycles. The zero-order chi connectivity index (χ0) is 16.2. The van der Waals surface area contributed by atoms with Crippen molar-refractivity contribution in [2.45, 2.75) is 13.1 Å². The molecule has 0 aliphatic carbocycles. The number of aryl methyl sites for hydroxylation is 1. The second-order valence-electron chi connectivity index (χ2n) is 5.11. The Hall–Kier alpha value is -2.60. The lowest BCUT2D eigenvalue weighted by atomic mass is 10.2. The first-order valence-electron chi connectivity index (χ1n) is 7.15. The van der Waals surface area contributed by atoms with Gasteiger partial charge in [-0.1, -0.05) is 41.9 Å². The lowest BCUT2D eigenvalue weighted by molar-refractivity contribution is 0.705. The van der Waals surface area contributed by atoms with Crippen LogP contribution in [-0.2, 0) is 20.1 Å². The SMILES string of the molecule is Cn1ncc(NCc2nccn2Cc2ccccc2)c(Cl)c1=O. The average molecular weight is 330 g/mol. The molecule has 3 aromatic rings. The topological polar surface area (TPSA) is 64.7 Å². The molecule has 0 spiro atoms. The fourth-order valence-electron chi connectivity index (χ4n) is 2.24. The summed E-state index contributed by atoms with van der Waals surface area (Å²) in [5, 5.41) is 7.21. The highest BCUT2D eigenvalue weighted by Crippen LogP contribution is 2.16. The summed E-state index contributed by atoms with van der Waals surface area (Å²) < 4.78 is 3.24.